The smallest absolute Gasteiger partial charge is 0.281 e. The van der Waals surface area contributed by atoms with Gasteiger partial charge in [-0.25, -0.2) is 0 Å². The van der Waals surface area contributed by atoms with Crippen LogP contribution in [0.4, 0.5) is 0 Å². The summed E-state index contributed by atoms with van der Waals surface area (Å²) in [6.45, 7) is 1.72. The number of amides is 1. The fourth-order valence-electron chi connectivity index (χ4n) is 3.34. The van der Waals surface area contributed by atoms with Crippen molar-refractivity contribution in [1.29, 1.82) is 0 Å². The fourth-order valence-corrected chi connectivity index (χ4v) is 4.43. The molecule has 1 aromatic carbocycles. The normalized spacial score (nSPS) is 21.2. The zero-order chi connectivity index (χ0) is 18.9. The Kier molecular flexibility index (Phi) is 5.40. The number of methoxy groups -OCH3 is 1. The number of benzene rings is 1. The molecule has 0 spiro atoms. The second kappa shape index (κ2) is 7.42. The average Bonchev–Trinajstić information content (AvgIpc) is 2.66. The number of piperazine rings is 1. The Morgan fingerprint density at radius 2 is 1.92 bits per heavy atom. The van der Waals surface area contributed by atoms with Crippen LogP contribution in [0.5, 0.6) is 11.5 Å². The number of ether oxygens (including phenoxy) is 2. The summed E-state index contributed by atoms with van der Waals surface area (Å²) in [6.07, 6.45) is 0.599. The van der Waals surface area contributed by atoms with Gasteiger partial charge in [-0.1, -0.05) is 12.1 Å². The molecule has 0 aliphatic carbocycles. The third-order valence-electron chi connectivity index (χ3n) is 4.86. The molecule has 3 rings (SSSR count). The Morgan fingerprint density at radius 1 is 1.23 bits per heavy atom. The summed E-state index contributed by atoms with van der Waals surface area (Å²) in [5.74, 6) is 1.14. The van der Waals surface area contributed by atoms with Crippen molar-refractivity contribution in [3.05, 3.63) is 23.8 Å². The van der Waals surface area contributed by atoms with E-state index in [4.69, 9.17) is 9.47 Å². The van der Waals surface area contributed by atoms with E-state index >= 15 is 0 Å². The van der Waals surface area contributed by atoms with Gasteiger partial charge in [0.15, 0.2) is 11.5 Å². The van der Waals surface area contributed by atoms with Crippen molar-refractivity contribution in [3.8, 4) is 11.5 Å². The Bertz CT molecular complexity index is 773. The van der Waals surface area contributed by atoms with Crippen molar-refractivity contribution >= 4 is 16.1 Å². The summed E-state index contributed by atoms with van der Waals surface area (Å²) in [5.41, 5.74) is 0.961. The lowest BCUT2D eigenvalue weighted by Gasteiger charge is -2.37. The van der Waals surface area contributed by atoms with Gasteiger partial charge in [0, 0.05) is 40.3 Å². The Morgan fingerprint density at radius 3 is 2.54 bits per heavy atom. The minimum atomic E-state index is -3.43. The van der Waals surface area contributed by atoms with E-state index in [0.29, 0.717) is 50.7 Å². The molecule has 26 heavy (non-hydrogen) atoms. The number of hydrogen-bond acceptors (Lipinski definition) is 5. The van der Waals surface area contributed by atoms with E-state index in [-0.39, 0.29) is 11.8 Å². The number of hydrogen-bond donors (Lipinski definition) is 0. The maximum absolute atomic E-state index is 12.8. The summed E-state index contributed by atoms with van der Waals surface area (Å²) in [4.78, 5) is 14.6. The predicted octanol–water partition coefficient (Wildman–Crippen LogP) is 0.197. The van der Waals surface area contributed by atoms with Gasteiger partial charge in [-0.05, 0) is 18.1 Å². The van der Waals surface area contributed by atoms with E-state index in [0.717, 1.165) is 5.56 Å². The molecule has 8 nitrogen and oxygen atoms in total. The minimum absolute atomic E-state index is 0.0142. The molecule has 0 N–H and O–H groups in total. The summed E-state index contributed by atoms with van der Waals surface area (Å²) in [5, 5.41) is 0. The van der Waals surface area contributed by atoms with Crippen LogP contribution in [0.2, 0.25) is 0 Å². The van der Waals surface area contributed by atoms with Crippen LogP contribution < -0.4 is 9.47 Å². The van der Waals surface area contributed by atoms with E-state index in [1.807, 2.05) is 18.2 Å². The molecule has 1 aromatic rings. The molecule has 0 aromatic heterocycles. The first-order chi connectivity index (χ1) is 12.3. The lowest BCUT2D eigenvalue weighted by atomic mass is 9.95. The highest BCUT2D eigenvalue weighted by atomic mass is 32.2. The number of carbonyl (C=O) groups is 1. The zero-order valence-corrected chi connectivity index (χ0v) is 16.2. The lowest BCUT2D eigenvalue weighted by molar-refractivity contribution is -0.138. The highest BCUT2D eigenvalue weighted by Crippen LogP contribution is 2.36. The van der Waals surface area contributed by atoms with Crippen molar-refractivity contribution in [3.63, 3.8) is 0 Å². The first kappa shape index (κ1) is 18.9. The van der Waals surface area contributed by atoms with E-state index in [1.54, 1.807) is 12.0 Å². The molecule has 1 unspecified atom stereocenters. The Labute approximate surface area is 154 Å². The second-order valence-electron chi connectivity index (χ2n) is 6.68. The number of nitrogens with zero attached hydrogens (tertiary/aromatic N) is 3. The van der Waals surface area contributed by atoms with Crippen molar-refractivity contribution in [2.75, 3.05) is 54.0 Å². The SMILES string of the molecule is COc1cccc2c1OCC(C(=O)N1CCN(S(=O)(=O)N(C)C)CC1)C2. The van der Waals surface area contributed by atoms with Gasteiger partial charge >= 0.3 is 0 Å². The molecule has 0 radical (unpaired) electrons. The third kappa shape index (κ3) is 3.51. The molecule has 1 atom stereocenters. The van der Waals surface area contributed by atoms with Crippen LogP contribution in [0.25, 0.3) is 0 Å². The highest BCUT2D eigenvalue weighted by Gasteiger charge is 2.35. The maximum atomic E-state index is 12.8. The Balaban J connectivity index is 1.63. The van der Waals surface area contributed by atoms with Crippen molar-refractivity contribution in [2.45, 2.75) is 6.42 Å². The van der Waals surface area contributed by atoms with Crippen molar-refractivity contribution in [2.24, 2.45) is 5.92 Å². The molecule has 0 saturated carbocycles. The zero-order valence-electron chi connectivity index (χ0n) is 15.3. The van der Waals surface area contributed by atoms with Gasteiger partial charge in [0.2, 0.25) is 5.91 Å². The summed E-state index contributed by atoms with van der Waals surface area (Å²) in [6, 6.07) is 5.67. The van der Waals surface area contributed by atoms with Crippen LogP contribution in [0, 0.1) is 5.92 Å². The van der Waals surface area contributed by atoms with Crippen LogP contribution in [-0.2, 0) is 21.4 Å². The number of para-hydroxylation sites is 1. The van der Waals surface area contributed by atoms with Crippen molar-refractivity contribution in [1.82, 2.24) is 13.5 Å². The summed E-state index contributed by atoms with van der Waals surface area (Å²) < 4.78 is 38.1. The first-order valence-corrected chi connectivity index (χ1v) is 9.99. The lowest BCUT2D eigenvalue weighted by Crippen LogP contribution is -2.54. The largest absolute Gasteiger partial charge is 0.493 e. The van der Waals surface area contributed by atoms with Gasteiger partial charge in [-0.3, -0.25) is 4.79 Å². The third-order valence-corrected chi connectivity index (χ3v) is 6.80. The highest BCUT2D eigenvalue weighted by molar-refractivity contribution is 7.86. The molecule has 9 heteroatoms. The topological polar surface area (TPSA) is 79.4 Å². The molecular weight excluding hydrogens is 358 g/mol. The number of rotatable bonds is 4. The quantitative estimate of drug-likeness (QED) is 0.742. The first-order valence-electron chi connectivity index (χ1n) is 8.59. The van der Waals surface area contributed by atoms with Gasteiger partial charge < -0.3 is 14.4 Å². The molecule has 2 aliphatic heterocycles. The van der Waals surface area contributed by atoms with E-state index in [2.05, 4.69) is 0 Å². The molecule has 1 fully saturated rings. The maximum Gasteiger partial charge on any atom is 0.281 e. The van der Waals surface area contributed by atoms with E-state index in [9.17, 15) is 13.2 Å². The fraction of sp³-hybridized carbons (Fsp3) is 0.588. The predicted molar refractivity (Wildman–Crippen MR) is 96.4 cm³/mol. The summed E-state index contributed by atoms with van der Waals surface area (Å²) in [7, 11) is 1.19. The van der Waals surface area contributed by atoms with E-state index < -0.39 is 10.2 Å². The molecule has 2 heterocycles. The van der Waals surface area contributed by atoms with Gasteiger partial charge in [0.05, 0.1) is 13.0 Å². The molecule has 1 amide bonds. The summed E-state index contributed by atoms with van der Waals surface area (Å²) >= 11 is 0. The molecule has 1 saturated heterocycles. The molecule has 144 valence electrons. The minimum Gasteiger partial charge on any atom is -0.493 e. The van der Waals surface area contributed by atoms with Gasteiger partial charge in [0.25, 0.3) is 10.2 Å². The van der Waals surface area contributed by atoms with Crippen LogP contribution in [0.1, 0.15) is 5.56 Å². The van der Waals surface area contributed by atoms with Crippen LogP contribution in [-0.4, -0.2) is 81.8 Å². The van der Waals surface area contributed by atoms with Crippen LogP contribution >= 0.6 is 0 Å². The van der Waals surface area contributed by atoms with Gasteiger partial charge in [-0.15, -0.1) is 0 Å². The molecule has 0 bridgehead atoms. The van der Waals surface area contributed by atoms with Gasteiger partial charge in [0.1, 0.15) is 6.61 Å². The van der Waals surface area contributed by atoms with Crippen LogP contribution in [0.3, 0.4) is 0 Å². The molecule has 2 aliphatic rings. The molecular formula is C17H25N3O5S. The van der Waals surface area contributed by atoms with E-state index in [1.165, 1.54) is 22.7 Å². The van der Waals surface area contributed by atoms with Crippen LogP contribution in [0.15, 0.2) is 18.2 Å². The average molecular weight is 383 g/mol. The Hall–Kier alpha value is -1.84. The number of fused-ring (bicyclic) bond motifs is 1. The van der Waals surface area contributed by atoms with Crippen molar-refractivity contribution < 1.29 is 22.7 Å². The number of carbonyl (C=O) groups excluding carboxylic acids is 1. The monoisotopic (exact) mass is 383 g/mol. The van der Waals surface area contributed by atoms with Gasteiger partial charge in [-0.2, -0.15) is 17.0 Å². The second-order valence-corrected chi connectivity index (χ2v) is 8.82. The standard InChI is InChI=1S/C17H25N3O5S/c1-18(2)26(22,23)20-9-7-19(8-10-20)17(21)14-11-13-5-4-6-15(24-3)16(13)25-12-14/h4-6,14H,7-12H2,1-3H3.